The summed E-state index contributed by atoms with van der Waals surface area (Å²) in [6, 6.07) is 7.53. The summed E-state index contributed by atoms with van der Waals surface area (Å²) in [7, 11) is 0. The van der Waals surface area contributed by atoms with Crippen molar-refractivity contribution in [1.82, 2.24) is 0 Å². The van der Waals surface area contributed by atoms with Crippen LogP contribution in [-0.2, 0) is 6.42 Å². The minimum absolute atomic E-state index is 0.431. The zero-order valence-corrected chi connectivity index (χ0v) is 7.83. The van der Waals surface area contributed by atoms with Gasteiger partial charge in [-0.3, -0.25) is 0 Å². The van der Waals surface area contributed by atoms with Crippen LogP contribution in [0.1, 0.15) is 25.3 Å². The molecule has 13 heavy (non-hydrogen) atoms. The largest absolute Gasteiger partial charge is 0.508 e. The predicted molar refractivity (Wildman–Crippen MR) is 52.0 cm³/mol. The van der Waals surface area contributed by atoms with Crippen molar-refractivity contribution in [2.75, 3.05) is 0 Å². The first-order chi connectivity index (χ1) is 6.34. The first kappa shape index (κ1) is 11.9. The molecule has 0 heterocycles. The number of para-hydroxylation sites is 1. The normalized spacial score (nSPS) is 8.85. The zero-order chi connectivity index (χ0) is 10.1. The molecule has 0 saturated heterocycles. The summed E-state index contributed by atoms with van der Waals surface area (Å²) in [6.07, 6.45) is 3.31. The standard InChI is InChI=1S/C10H14O.FH2N/c1-2-3-6-9-7-4-5-8-10(9)11;1-2/h4-5,7-8,11H,2-3,6H2,1H3;2H2. The molecule has 0 aromatic heterocycles. The molecule has 0 bridgehead atoms. The fourth-order valence-electron chi connectivity index (χ4n) is 1.09. The molecule has 0 unspecified atom stereocenters. The van der Waals surface area contributed by atoms with E-state index in [1.807, 2.05) is 18.2 Å². The fourth-order valence-corrected chi connectivity index (χ4v) is 1.09. The number of hydrogen-bond donors (Lipinski definition) is 2. The van der Waals surface area contributed by atoms with Crippen LogP contribution in [0.2, 0.25) is 0 Å². The van der Waals surface area contributed by atoms with Crippen molar-refractivity contribution in [2.45, 2.75) is 26.2 Å². The van der Waals surface area contributed by atoms with Gasteiger partial charge in [0.05, 0.1) is 0 Å². The lowest BCUT2D eigenvalue weighted by molar-refractivity contribution is 0.467. The summed E-state index contributed by atoms with van der Waals surface area (Å²) >= 11 is 0. The van der Waals surface area contributed by atoms with Gasteiger partial charge in [-0.15, -0.1) is 4.48 Å². The van der Waals surface area contributed by atoms with E-state index in [2.05, 4.69) is 12.9 Å². The van der Waals surface area contributed by atoms with E-state index in [9.17, 15) is 5.11 Å². The molecule has 1 aromatic carbocycles. The molecule has 3 N–H and O–H groups in total. The summed E-state index contributed by atoms with van der Waals surface area (Å²) in [5.74, 6) is 3.43. The maximum absolute atomic E-state index is 9.34. The average Bonchev–Trinajstić information content (AvgIpc) is 2.20. The molecular weight excluding hydrogens is 169 g/mol. The number of phenols is 1. The summed E-state index contributed by atoms with van der Waals surface area (Å²) in [5.41, 5.74) is 1.06. The van der Waals surface area contributed by atoms with Crippen LogP contribution in [-0.4, -0.2) is 5.11 Å². The van der Waals surface area contributed by atoms with Crippen LogP contribution in [0.5, 0.6) is 5.75 Å². The quantitative estimate of drug-likeness (QED) is 0.711. The summed E-state index contributed by atoms with van der Waals surface area (Å²) in [4.78, 5) is 0. The minimum Gasteiger partial charge on any atom is -0.508 e. The molecule has 0 aliphatic rings. The lowest BCUT2D eigenvalue weighted by atomic mass is 10.1. The van der Waals surface area contributed by atoms with Gasteiger partial charge in [0.25, 0.3) is 0 Å². The number of nitrogens with two attached hydrogens (primary N) is 1. The van der Waals surface area contributed by atoms with Gasteiger partial charge in [-0.1, -0.05) is 31.5 Å². The zero-order valence-electron chi connectivity index (χ0n) is 7.83. The lowest BCUT2D eigenvalue weighted by Gasteiger charge is -2.01. The van der Waals surface area contributed by atoms with Crippen molar-refractivity contribution in [3.63, 3.8) is 0 Å². The van der Waals surface area contributed by atoms with Crippen molar-refractivity contribution in [3.05, 3.63) is 29.8 Å². The molecule has 2 nitrogen and oxygen atoms in total. The van der Waals surface area contributed by atoms with Crippen LogP contribution in [0.4, 0.5) is 4.48 Å². The average molecular weight is 185 g/mol. The highest BCUT2D eigenvalue weighted by Gasteiger charge is 1.96. The number of aromatic hydroxyl groups is 1. The molecule has 0 aliphatic heterocycles. The van der Waals surface area contributed by atoms with Crippen LogP contribution < -0.4 is 5.96 Å². The molecule has 0 radical (unpaired) electrons. The number of benzene rings is 1. The summed E-state index contributed by atoms with van der Waals surface area (Å²) < 4.78 is 9.00. The van der Waals surface area contributed by atoms with Gasteiger partial charge in [0.15, 0.2) is 0 Å². The van der Waals surface area contributed by atoms with Crippen molar-refractivity contribution < 1.29 is 9.59 Å². The number of aryl methyl sites for hydroxylation is 1. The van der Waals surface area contributed by atoms with E-state index in [0.717, 1.165) is 18.4 Å². The van der Waals surface area contributed by atoms with Gasteiger partial charge in [-0.25, -0.2) is 0 Å². The molecule has 0 spiro atoms. The summed E-state index contributed by atoms with van der Waals surface area (Å²) in [5, 5.41) is 9.34. The predicted octanol–water partition coefficient (Wildman–Crippen LogP) is 2.56. The third-order valence-electron chi connectivity index (χ3n) is 1.79. The molecule has 0 amide bonds. The van der Waals surface area contributed by atoms with Gasteiger partial charge in [-0.2, -0.15) is 5.96 Å². The lowest BCUT2D eigenvalue weighted by Crippen LogP contribution is -1.83. The maximum atomic E-state index is 9.34. The van der Waals surface area contributed by atoms with E-state index in [1.54, 1.807) is 6.07 Å². The van der Waals surface area contributed by atoms with Gasteiger partial charge in [0, 0.05) is 0 Å². The number of unbranched alkanes of at least 4 members (excludes halogenated alkanes) is 1. The topological polar surface area (TPSA) is 46.2 Å². The molecule has 0 aliphatic carbocycles. The Kier molecular flexibility index (Phi) is 6.92. The molecule has 74 valence electrons. The number of halogens is 1. The summed E-state index contributed by atoms with van der Waals surface area (Å²) in [6.45, 7) is 2.15. The van der Waals surface area contributed by atoms with Crippen LogP contribution in [0.3, 0.4) is 0 Å². The number of rotatable bonds is 3. The number of hydrogen-bond acceptors (Lipinski definition) is 2. The van der Waals surface area contributed by atoms with Crippen molar-refractivity contribution in [1.29, 1.82) is 0 Å². The van der Waals surface area contributed by atoms with Crippen LogP contribution in [0.25, 0.3) is 0 Å². The van der Waals surface area contributed by atoms with Crippen LogP contribution >= 0.6 is 0 Å². The second-order valence-corrected chi connectivity index (χ2v) is 2.73. The van der Waals surface area contributed by atoms with E-state index >= 15 is 0 Å². The second kappa shape index (κ2) is 7.55. The third-order valence-corrected chi connectivity index (χ3v) is 1.79. The molecule has 1 aromatic rings. The van der Waals surface area contributed by atoms with Crippen LogP contribution in [0.15, 0.2) is 24.3 Å². The van der Waals surface area contributed by atoms with E-state index in [0.29, 0.717) is 5.75 Å². The second-order valence-electron chi connectivity index (χ2n) is 2.73. The van der Waals surface area contributed by atoms with E-state index in [-0.39, 0.29) is 0 Å². The Morgan fingerprint density at radius 3 is 2.46 bits per heavy atom. The Morgan fingerprint density at radius 1 is 1.31 bits per heavy atom. The Hall–Kier alpha value is -1.09. The fraction of sp³-hybridized carbons (Fsp3) is 0.400. The Morgan fingerprint density at radius 2 is 1.92 bits per heavy atom. The SMILES string of the molecule is CCCCc1ccccc1O.NF. The monoisotopic (exact) mass is 185 g/mol. The van der Waals surface area contributed by atoms with Crippen molar-refractivity contribution in [3.8, 4) is 5.75 Å². The third kappa shape index (κ3) is 4.48. The first-order valence-corrected chi connectivity index (χ1v) is 4.33. The Bertz CT molecular complexity index is 228. The highest BCUT2D eigenvalue weighted by Crippen LogP contribution is 2.17. The molecule has 0 fully saturated rings. The smallest absolute Gasteiger partial charge is 0.118 e. The molecule has 0 saturated carbocycles. The van der Waals surface area contributed by atoms with E-state index in [4.69, 9.17) is 4.48 Å². The minimum atomic E-state index is 0.431. The van der Waals surface area contributed by atoms with Gasteiger partial charge in [-0.05, 0) is 24.5 Å². The number of phenolic OH excluding ortho intramolecular Hbond substituents is 1. The van der Waals surface area contributed by atoms with Gasteiger partial charge in [0.2, 0.25) is 0 Å². The molecule has 1 rings (SSSR count). The Labute approximate surface area is 78.1 Å². The first-order valence-electron chi connectivity index (χ1n) is 4.33. The van der Waals surface area contributed by atoms with Gasteiger partial charge >= 0.3 is 0 Å². The van der Waals surface area contributed by atoms with Gasteiger partial charge in [0.1, 0.15) is 5.75 Å². The van der Waals surface area contributed by atoms with Crippen molar-refractivity contribution >= 4 is 0 Å². The Balaban J connectivity index is 0.000000671. The molecular formula is C10H16FNO. The highest BCUT2D eigenvalue weighted by molar-refractivity contribution is 5.31. The van der Waals surface area contributed by atoms with Gasteiger partial charge < -0.3 is 5.11 Å². The van der Waals surface area contributed by atoms with E-state index < -0.39 is 0 Å². The highest BCUT2D eigenvalue weighted by atomic mass is 19.2. The molecule has 0 atom stereocenters. The van der Waals surface area contributed by atoms with E-state index in [1.165, 1.54) is 6.42 Å². The van der Waals surface area contributed by atoms with Crippen LogP contribution in [0, 0.1) is 0 Å². The molecule has 3 heteroatoms. The van der Waals surface area contributed by atoms with Crippen molar-refractivity contribution in [2.24, 2.45) is 5.96 Å². The maximum Gasteiger partial charge on any atom is 0.118 e.